The third kappa shape index (κ3) is 28.9. The van der Waals surface area contributed by atoms with Gasteiger partial charge in [0.15, 0.2) is 0 Å². The summed E-state index contributed by atoms with van der Waals surface area (Å²) in [6.45, 7) is 0. The van der Waals surface area contributed by atoms with Crippen molar-refractivity contribution in [1.82, 2.24) is 0 Å². The Morgan fingerprint density at radius 2 is 1.44 bits per heavy atom. The molecule has 2 N–H and O–H groups in total. The van der Waals surface area contributed by atoms with Gasteiger partial charge in [-0.05, 0) is 0 Å². The van der Waals surface area contributed by atoms with E-state index in [2.05, 4.69) is 13.4 Å². The van der Waals surface area contributed by atoms with E-state index in [1.165, 1.54) is 0 Å². The second-order valence-corrected chi connectivity index (χ2v) is 5.74. The van der Waals surface area contributed by atoms with Crippen LogP contribution in [0.25, 0.3) is 0 Å². The van der Waals surface area contributed by atoms with Gasteiger partial charge in [-0.25, -0.2) is 0 Å². The van der Waals surface area contributed by atoms with E-state index < -0.39 is 52.4 Å². The van der Waals surface area contributed by atoms with Gasteiger partial charge in [-0.2, -0.15) is 0 Å². The van der Waals surface area contributed by atoms with E-state index >= 15 is 0 Å². The summed E-state index contributed by atoms with van der Waals surface area (Å²) in [7, 11) is 0. The molecule has 1 fully saturated rings. The normalized spacial score (nSPS) is 11.9. The number of rotatable bonds is 2. The maximum atomic E-state index is 9.63. The van der Waals surface area contributed by atoms with Gasteiger partial charge in [-0.1, -0.05) is 0 Å². The predicted octanol–water partition coefficient (Wildman–Crippen LogP) is -3.78. The van der Waals surface area contributed by atoms with Gasteiger partial charge in [-0.15, -0.1) is 0 Å². The summed E-state index contributed by atoms with van der Waals surface area (Å²) in [5.74, 6) is 0. The van der Waals surface area contributed by atoms with Gasteiger partial charge in [0.05, 0.1) is 0 Å². The van der Waals surface area contributed by atoms with Gasteiger partial charge in [0.25, 0.3) is 0 Å². The Kier molecular flexibility index (Phi) is 57.9. The molecule has 0 unspecified atom stereocenters. The summed E-state index contributed by atoms with van der Waals surface area (Å²) in [4.78, 5) is 7.35. The first-order chi connectivity index (χ1) is 5.04. The average Bonchev–Trinajstić information content (AvgIpc) is 2.47. The first-order valence-corrected chi connectivity index (χ1v) is 9.87. The summed E-state index contributed by atoms with van der Waals surface area (Å²) >= 11 is -4.72. The van der Waals surface area contributed by atoms with Crippen molar-refractivity contribution < 1.29 is 46.8 Å². The second kappa shape index (κ2) is 24.1. The second-order valence-electron chi connectivity index (χ2n) is 1.11. The van der Waals surface area contributed by atoms with Gasteiger partial charge in [0, 0.05) is 0 Å². The minimum absolute atomic E-state index is 0. The molecule has 0 radical (unpaired) electrons. The average molecular weight is 455 g/mol. The summed E-state index contributed by atoms with van der Waals surface area (Å²) in [5, 5.41) is 8.27. The van der Waals surface area contributed by atoms with Crippen LogP contribution in [-0.2, 0) is 36.2 Å². The van der Waals surface area contributed by atoms with Gasteiger partial charge in [0.2, 0.25) is 0 Å². The molecule has 0 aromatic rings. The maximum absolute atomic E-state index is 9.63. The molecular weight excluding hydrogens is 446 g/mol. The molecule has 1 aliphatic rings. The van der Waals surface area contributed by atoms with Crippen LogP contribution in [0.5, 0.6) is 0 Å². The van der Waals surface area contributed by atoms with Crippen LogP contribution in [0.3, 0.4) is 0 Å². The third-order valence-electron chi connectivity index (χ3n) is 0.416. The van der Waals surface area contributed by atoms with Crippen LogP contribution < -0.4 is 0 Å². The molecular formula is CH9Ca5Cl2O7V. The van der Waals surface area contributed by atoms with Crippen LogP contribution in [0.4, 0.5) is 0 Å². The molecule has 0 aromatic heterocycles. The van der Waals surface area contributed by atoms with E-state index in [-0.39, 0.29) is 156 Å². The molecule has 1 rings (SSSR count). The standard InChI is InChI=1S/CHO4.5Ca.2ClH.H2O.2O.V.7H/c2-1(3)4-5-1;;;;;;;;;;;;;;;;;;/h2H;;;;;;2*1H;1H2;;;;;;;;;;/q-1;;;;+1;+2;;;;;;+1;;;;;;;/p-3. The fourth-order valence-electron chi connectivity index (χ4n) is 0.160. The number of hydrogen-bond donors (Lipinski definition) is 1. The molecule has 0 aliphatic carbocycles. The monoisotopic (exact) mass is 454 g/mol. The molecule has 0 aromatic carbocycles. The number of hydrogen-bond acceptors (Lipinski definition) is 7. The fourth-order valence-corrected chi connectivity index (χ4v) is 0.549. The van der Waals surface area contributed by atoms with Crippen LogP contribution in [0.1, 0.15) is 0 Å². The number of halogens is 2. The molecule has 0 amide bonds. The van der Waals surface area contributed by atoms with Gasteiger partial charge in [0.1, 0.15) is 0 Å². The van der Waals surface area contributed by atoms with Crippen molar-refractivity contribution in [3.8, 4) is 0 Å². The van der Waals surface area contributed by atoms with E-state index in [0.717, 1.165) is 0 Å². The van der Waals surface area contributed by atoms with E-state index in [0.29, 0.717) is 0 Å². The minimum atomic E-state index is -3.79. The van der Waals surface area contributed by atoms with E-state index in [1.54, 1.807) is 0 Å². The van der Waals surface area contributed by atoms with Crippen molar-refractivity contribution in [3.63, 3.8) is 0 Å². The zero-order chi connectivity index (χ0) is 8.91. The van der Waals surface area contributed by atoms with Crippen molar-refractivity contribution in [1.29, 1.82) is 0 Å². The fraction of sp³-hybridized carbons (Fsp3) is 1.00. The molecule has 0 atom stereocenters. The SMILES string of the molecule is [CaH+].[CaH2].[CaH2].[CaH2].[Cl][Ca][Cl].[OH-].[O]=[V](=[O])[O]C1(O)OO1. The number of aliphatic hydroxyl groups is 1. The summed E-state index contributed by atoms with van der Waals surface area (Å²) < 4.78 is 23.0. The molecule has 1 saturated heterocycles. The Balaban J connectivity index is -0.0000000288. The quantitative estimate of drug-likeness (QED) is 0.197. The zero-order valence-electron chi connectivity index (χ0n) is 6.35. The first kappa shape index (κ1) is 38.4. The molecule has 16 heavy (non-hydrogen) atoms. The topological polar surface area (TPSA) is 119 Å². The molecule has 0 saturated carbocycles. The molecule has 0 bridgehead atoms. The van der Waals surface area contributed by atoms with Crippen LogP contribution in [0.2, 0.25) is 0 Å². The molecule has 0 spiro atoms. The first-order valence-electron chi connectivity index (χ1n) is 2.08. The van der Waals surface area contributed by atoms with Gasteiger partial charge in [-0.3, -0.25) is 0 Å². The predicted molar refractivity (Wildman–Crippen MR) is 61.8 cm³/mol. The summed E-state index contributed by atoms with van der Waals surface area (Å²) in [5.41, 5.74) is 0. The molecule has 1 heterocycles. The van der Waals surface area contributed by atoms with Crippen molar-refractivity contribution in [2.45, 2.75) is 6.16 Å². The van der Waals surface area contributed by atoms with Crippen molar-refractivity contribution in [2.75, 3.05) is 0 Å². The van der Waals surface area contributed by atoms with E-state index in [1.807, 2.05) is 0 Å². The summed E-state index contributed by atoms with van der Waals surface area (Å²) in [6, 6.07) is 0. The van der Waals surface area contributed by atoms with E-state index in [9.17, 15) is 7.35 Å². The third-order valence-corrected chi connectivity index (χ3v) is 1.01. The Labute approximate surface area is 240 Å². The van der Waals surface area contributed by atoms with Crippen molar-refractivity contribution in [2.24, 2.45) is 0 Å². The molecule has 1 aliphatic heterocycles. The Hall–Kier alpha value is 6.86. The van der Waals surface area contributed by atoms with Crippen LogP contribution in [0.15, 0.2) is 0 Å². The van der Waals surface area contributed by atoms with Crippen LogP contribution >= 0.6 is 12.8 Å². The van der Waals surface area contributed by atoms with Crippen LogP contribution in [0, 0.1) is 0 Å². The Morgan fingerprint density at radius 3 is 1.50 bits per heavy atom. The summed E-state index contributed by atoms with van der Waals surface area (Å²) in [6.07, 6.45) is 7.61. The molecule has 84 valence electrons. The molecule has 7 nitrogen and oxygen atoms in total. The van der Waals surface area contributed by atoms with E-state index in [4.69, 9.17) is 17.9 Å². The Morgan fingerprint density at radius 1 is 1.19 bits per heavy atom. The zero-order valence-corrected chi connectivity index (χ0v) is 14.6. The van der Waals surface area contributed by atoms with Crippen molar-refractivity contribution >= 4 is 195 Å². The van der Waals surface area contributed by atoms with Crippen LogP contribution in [-0.4, -0.2) is 199 Å². The van der Waals surface area contributed by atoms with Gasteiger partial charge < -0.3 is 5.48 Å². The molecule has 15 heteroatoms. The van der Waals surface area contributed by atoms with Gasteiger partial charge >= 0.3 is 242 Å². The Bertz CT molecular complexity index is 180. The van der Waals surface area contributed by atoms with Crippen molar-refractivity contribution in [3.05, 3.63) is 0 Å².